The van der Waals surface area contributed by atoms with Gasteiger partial charge in [0.25, 0.3) is 5.91 Å². The highest BCUT2D eigenvalue weighted by Gasteiger charge is 2.42. The van der Waals surface area contributed by atoms with Crippen molar-refractivity contribution in [1.29, 1.82) is 0 Å². The average Bonchev–Trinajstić information content (AvgIpc) is 4.08. The first-order chi connectivity index (χ1) is 29.8. The minimum atomic E-state index is -0.941. The Hall–Kier alpha value is -7.00. The van der Waals surface area contributed by atoms with Gasteiger partial charge in [-0.1, -0.05) is 78.9 Å². The van der Waals surface area contributed by atoms with Crippen LogP contribution >= 0.6 is 0 Å². The van der Waals surface area contributed by atoms with Gasteiger partial charge in [-0.2, -0.15) is 0 Å². The number of aromatic nitrogens is 5. The lowest BCUT2D eigenvalue weighted by Crippen LogP contribution is -2.49. The first kappa shape index (κ1) is 39.5. The van der Waals surface area contributed by atoms with Gasteiger partial charge in [0.05, 0.1) is 57.1 Å². The molecule has 0 spiro atoms. The molecule has 0 bridgehead atoms. The van der Waals surface area contributed by atoms with Crippen molar-refractivity contribution in [2.45, 2.75) is 55.8 Å². The summed E-state index contributed by atoms with van der Waals surface area (Å²) in [5, 5.41) is 5.60. The van der Waals surface area contributed by atoms with Crippen molar-refractivity contribution >= 4 is 23.9 Å². The van der Waals surface area contributed by atoms with Gasteiger partial charge in [0.2, 0.25) is 0 Å². The fraction of sp³-hybridized carbons (Fsp3) is 0.304. The first-order valence-electron chi connectivity index (χ1n) is 20.4. The standard InChI is InChI=1S/C46H46N8O7/c1-59-45(57)51-34-17-16-32-18-19-53-25-33(22-38(55)39(34)41(32)53)42-47-23-35(49-42)29-12-8-27(9-13-29)28-10-14-30(15-11-28)36-24-48-43(50-36)37-26-61-21-20-54(37)44(56)40(52-46(58)60-2)31-6-4-3-5-7-31/h3-15,18-19,23-24,33-34,37,39-40H,16-17,20-22,25-26H2,1-2H3,(H,47,49)(H,48,50)(H,51,57)(H,52,58)/t33-,34-,37-,39?,40+/m0/s1. The summed E-state index contributed by atoms with van der Waals surface area (Å²) in [6, 6.07) is 25.8. The summed E-state index contributed by atoms with van der Waals surface area (Å²) in [4.78, 5) is 70.2. The molecule has 3 aromatic carbocycles. The Morgan fingerprint density at radius 3 is 2.13 bits per heavy atom. The Labute approximate surface area is 351 Å². The Balaban J connectivity index is 0.871. The number of alkyl carbamates (subject to hydrolysis) is 2. The van der Waals surface area contributed by atoms with Crippen LogP contribution in [0.5, 0.6) is 0 Å². The highest BCUT2D eigenvalue weighted by molar-refractivity contribution is 5.89. The zero-order valence-corrected chi connectivity index (χ0v) is 33.8. The molecule has 3 aromatic heterocycles. The number of carbonyl (C=O) groups excluding carboxylic acids is 4. The maximum atomic E-state index is 14.0. The molecule has 1 aliphatic carbocycles. The predicted molar refractivity (Wildman–Crippen MR) is 224 cm³/mol. The lowest BCUT2D eigenvalue weighted by molar-refractivity contribution is -0.143. The Morgan fingerprint density at radius 1 is 0.820 bits per heavy atom. The van der Waals surface area contributed by atoms with E-state index in [0.29, 0.717) is 43.9 Å². The van der Waals surface area contributed by atoms with E-state index < -0.39 is 30.2 Å². The molecule has 4 N–H and O–H groups in total. The van der Waals surface area contributed by atoms with Crippen molar-refractivity contribution in [3.05, 3.63) is 132 Å². The third-order valence-corrected chi connectivity index (χ3v) is 12.1. The summed E-state index contributed by atoms with van der Waals surface area (Å²) in [6.45, 7) is 1.56. The number of H-pyrrole nitrogens is 2. The minimum Gasteiger partial charge on any atom is -0.453 e. The average molecular weight is 823 g/mol. The quantitative estimate of drug-likeness (QED) is 0.127. The van der Waals surface area contributed by atoms with Crippen molar-refractivity contribution in [3.8, 4) is 33.6 Å². The number of hydrogen-bond donors (Lipinski definition) is 4. The van der Waals surface area contributed by atoms with Crippen molar-refractivity contribution in [1.82, 2.24) is 40.0 Å². The molecule has 2 aliphatic heterocycles. The summed E-state index contributed by atoms with van der Waals surface area (Å²) < 4.78 is 17.6. The Bertz CT molecular complexity index is 2550. The molecule has 1 fully saturated rings. The number of ether oxygens (including phenoxy) is 3. The maximum absolute atomic E-state index is 14.0. The molecule has 0 radical (unpaired) electrons. The molecule has 3 aliphatic rings. The number of aromatic amines is 2. The van der Waals surface area contributed by atoms with Crippen LogP contribution in [0.15, 0.2) is 104 Å². The van der Waals surface area contributed by atoms with E-state index in [-0.39, 0.29) is 30.3 Å². The van der Waals surface area contributed by atoms with Crippen LogP contribution in [0, 0.1) is 0 Å². The van der Waals surface area contributed by atoms with Gasteiger partial charge in [-0.3, -0.25) is 9.59 Å². The van der Waals surface area contributed by atoms with E-state index >= 15 is 0 Å². The van der Waals surface area contributed by atoms with E-state index in [2.05, 4.69) is 72.6 Å². The molecule has 61 heavy (non-hydrogen) atoms. The first-order valence-corrected chi connectivity index (χ1v) is 20.4. The number of imidazole rings is 2. The van der Waals surface area contributed by atoms with Crippen LogP contribution in [0.3, 0.4) is 0 Å². The summed E-state index contributed by atoms with van der Waals surface area (Å²) in [5.74, 6) is 0.572. The predicted octanol–water partition coefficient (Wildman–Crippen LogP) is 6.44. The molecule has 1 saturated heterocycles. The van der Waals surface area contributed by atoms with Gasteiger partial charge in [-0.25, -0.2) is 19.6 Å². The zero-order valence-electron chi connectivity index (χ0n) is 33.8. The van der Waals surface area contributed by atoms with E-state index in [4.69, 9.17) is 19.2 Å². The summed E-state index contributed by atoms with van der Waals surface area (Å²) >= 11 is 0. The van der Waals surface area contributed by atoms with Gasteiger partial charge >= 0.3 is 12.2 Å². The van der Waals surface area contributed by atoms with E-state index in [1.807, 2.05) is 42.7 Å². The van der Waals surface area contributed by atoms with Crippen LogP contribution in [0.2, 0.25) is 0 Å². The van der Waals surface area contributed by atoms with Crippen LogP contribution in [0.1, 0.15) is 65.2 Å². The van der Waals surface area contributed by atoms with E-state index in [1.54, 1.807) is 23.2 Å². The number of Topliss-reactive ketones (excluding diaryl/α,β-unsaturated/α-hetero) is 1. The molecule has 15 heteroatoms. The number of amides is 3. The van der Waals surface area contributed by atoms with Gasteiger partial charge in [0.15, 0.2) is 0 Å². The number of benzene rings is 3. The molecule has 15 nitrogen and oxygen atoms in total. The van der Waals surface area contributed by atoms with Crippen LogP contribution in [-0.2, 0) is 36.8 Å². The third kappa shape index (κ3) is 7.91. The number of rotatable bonds is 9. The SMILES string of the molecule is COC(=O)N[C@H]1CCc2ccn3c2C1C(=O)C[C@H](c1ncc(-c2ccc(-c4ccc(-c5cnc([C@@H]6COCCN6C(=O)[C@H](NC(=O)OC)c6ccccc6)[nH]5)cc4)cc2)[nH]1)C3. The van der Waals surface area contributed by atoms with E-state index in [1.165, 1.54) is 14.2 Å². The Morgan fingerprint density at radius 2 is 1.46 bits per heavy atom. The number of aryl methyl sites for hydroxylation is 1. The van der Waals surface area contributed by atoms with Gasteiger partial charge in [0, 0.05) is 43.4 Å². The molecule has 5 atom stereocenters. The Kier molecular flexibility index (Phi) is 11.0. The molecule has 6 aromatic rings. The molecule has 9 rings (SSSR count). The van der Waals surface area contributed by atoms with Gasteiger partial charge in [0.1, 0.15) is 29.5 Å². The highest BCUT2D eigenvalue weighted by atomic mass is 16.5. The summed E-state index contributed by atoms with van der Waals surface area (Å²) in [5.41, 5.74) is 8.42. The normalized spacial score (nSPS) is 20.2. The number of nitrogens with zero attached hydrogens (tertiary/aromatic N) is 4. The maximum Gasteiger partial charge on any atom is 0.407 e. The van der Waals surface area contributed by atoms with E-state index in [9.17, 15) is 19.2 Å². The smallest absolute Gasteiger partial charge is 0.407 e. The van der Waals surface area contributed by atoms with Crippen LogP contribution in [0.4, 0.5) is 9.59 Å². The van der Waals surface area contributed by atoms with Crippen molar-refractivity contribution < 1.29 is 33.4 Å². The second-order valence-corrected chi connectivity index (χ2v) is 15.6. The summed E-state index contributed by atoms with van der Waals surface area (Å²) in [6.07, 6.45) is 6.18. The van der Waals surface area contributed by atoms with Crippen molar-refractivity contribution in [3.63, 3.8) is 0 Å². The second-order valence-electron chi connectivity index (χ2n) is 15.6. The third-order valence-electron chi connectivity index (χ3n) is 12.1. The molecular weight excluding hydrogens is 777 g/mol. The van der Waals surface area contributed by atoms with Crippen molar-refractivity contribution in [2.75, 3.05) is 34.0 Å². The number of hydrogen-bond acceptors (Lipinski definition) is 9. The largest absolute Gasteiger partial charge is 0.453 e. The van der Waals surface area contributed by atoms with Crippen LogP contribution < -0.4 is 10.6 Å². The molecular formula is C46H46N8O7. The fourth-order valence-electron chi connectivity index (χ4n) is 8.94. The topological polar surface area (TPSA) is 186 Å². The fourth-order valence-corrected chi connectivity index (χ4v) is 8.94. The van der Waals surface area contributed by atoms with E-state index in [0.717, 1.165) is 57.1 Å². The molecule has 3 amide bonds. The van der Waals surface area contributed by atoms with Crippen molar-refractivity contribution in [2.24, 2.45) is 0 Å². The molecule has 0 saturated carbocycles. The van der Waals surface area contributed by atoms with Crippen LogP contribution in [0.25, 0.3) is 33.6 Å². The van der Waals surface area contributed by atoms with Gasteiger partial charge < -0.3 is 44.3 Å². The number of methoxy groups -OCH3 is 2. The monoisotopic (exact) mass is 822 g/mol. The van der Waals surface area contributed by atoms with Gasteiger partial charge in [-0.15, -0.1) is 0 Å². The number of carbonyl (C=O) groups is 4. The second kappa shape index (κ2) is 16.9. The lowest BCUT2D eigenvalue weighted by atomic mass is 9.79. The van der Waals surface area contributed by atoms with Gasteiger partial charge in [-0.05, 0) is 52.3 Å². The number of nitrogens with one attached hydrogen (secondary N) is 4. The zero-order chi connectivity index (χ0) is 42.0. The summed E-state index contributed by atoms with van der Waals surface area (Å²) in [7, 11) is 2.60. The molecule has 5 heterocycles. The molecule has 312 valence electrons. The highest BCUT2D eigenvalue weighted by Crippen LogP contribution is 2.40. The van der Waals surface area contributed by atoms with Crippen LogP contribution in [-0.4, -0.2) is 93.3 Å². The molecule has 1 unspecified atom stereocenters. The number of ketones is 1. The minimum absolute atomic E-state index is 0.0899. The lowest BCUT2D eigenvalue weighted by Gasteiger charge is -2.36. The number of morpholine rings is 1.